The van der Waals surface area contributed by atoms with Gasteiger partial charge in [0.05, 0.1) is 17.1 Å². The van der Waals surface area contributed by atoms with Crippen LogP contribution >= 0.6 is 0 Å². The van der Waals surface area contributed by atoms with Crippen LogP contribution in [0.25, 0.3) is 27.8 Å². The molecule has 40 heavy (non-hydrogen) atoms. The Bertz CT molecular complexity index is 1760. The Hall–Kier alpha value is -5.06. The van der Waals surface area contributed by atoms with E-state index in [1.165, 1.54) is 22.8 Å². The van der Waals surface area contributed by atoms with Crippen LogP contribution in [-0.4, -0.2) is 37.4 Å². The minimum atomic E-state index is -0.652. The van der Waals surface area contributed by atoms with Crippen LogP contribution in [0.2, 0.25) is 0 Å². The molecule has 0 bridgehead atoms. The molecule has 2 aromatic carbocycles. The molecule has 204 valence electrons. The summed E-state index contributed by atoms with van der Waals surface area (Å²) in [6.07, 6.45) is 1.63. The number of aryl methyl sites for hydroxylation is 1. The highest BCUT2D eigenvalue weighted by molar-refractivity contribution is 6.00. The van der Waals surface area contributed by atoms with E-state index in [0.717, 1.165) is 11.4 Å². The van der Waals surface area contributed by atoms with Gasteiger partial charge in [-0.2, -0.15) is 10.1 Å². The van der Waals surface area contributed by atoms with Crippen LogP contribution in [0.5, 0.6) is 0 Å². The van der Waals surface area contributed by atoms with E-state index in [0.29, 0.717) is 40.5 Å². The van der Waals surface area contributed by atoms with E-state index in [2.05, 4.69) is 31.0 Å². The van der Waals surface area contributed by atoms with Gasteiger partial charge in [-0.1, -0.05) is 38.1 Å². The summed E-state index contributed by atoms with van der Waals surface area (Å²) in [5, 5.41) is 13.5. The molecule has 0 fully saturated rings. The molecule has 3 N–H and O–H groups in total. The Labute approximate surface area is 229 Å². The zero-order valence-electron chi connectivity index (χ0n) is 22.6. The first kappa shape index (κ1) is 26.5. The molecule has 0 aliphatic carbocycles. The third-order valence-electron chi connectivity index (χ3n) is 6.45. The molecular formula is C29H29FN8O2. The molecule has 0 aliphatic heterocycles. The molecule has 0 radical (unpaired) electrons. The molecule has 3 heterocycles. The predicted molar refractivity (Wildman–Crippen MR) is 155 cm³/mol. The number of benzene rings is 2. The van der Waals surface area contributed by atoms with Gasteiger partial charge in [0.25, 0.3) is 5.56 Å². The van der Waals surface area contributed by atoms with Crippen molar-refractivity contribution in [3.8, 4) is 16.8 Å². The van der Waals surface area contributed by atoms with Gasteiger partial charge >= 0.3 is 6.03 Å². The van der Waals surface area contributed by atoms with E-state index in [1.807, 2.05) is 51.1 Å². The number of hydrogen-bond donors (Lipinski definition) is 3. The molecule has 5 rings (SSSR count). The van der Waals surface area contributed by atoms with Crippen molar-refractivity contribution in [2.45, 2.75) is 33.2 Å². The standard InChI is InChI=1S/C29H29FN8O2/c1-5-37-26-19(16-32-28(31-4)35-26)13-21(27(37)39)18-11-12-22(30)24(14-18)33-29(40)34-25-15-23(17(2)3)36-38(25)20-9-7-6-8-10-20/h6-17H,5H2,1-4H3,(H,31,32,35)(H2,33,34,40). The number of nitrogens with zero attached hydrogens (tertiary/aromatic N) is 5. The molecule has 0 saturated carbocycles. The van der Waals surface area contributed by atoms with Crippen molar-refractivity contribution in [1.29, 1.82) is 0 Å². The van der Waals surface area contributed by atoms with Crippen LogP contribution in [0.3, 0.4) is 0 Å². The van der Waals surface area contributed by atoms with Crippen LogP contribution in [0.1, 0.15) is 32.4 Å². The zero-order valence-corrected chi connectivity index (χ0v) is 22.6. The quantitative estimate of drug-likeness (QED) is 0.247. The van der Waals surface area contributed by atoms with Crippen molar-refractivity contribution in [2.24, 2.45) is 0 Å². The number of pyridine rings is 1. The number of para-hydroxylation sites is 1. The lowest BCUT2D eigenvalue weighted by Gasteiger charge is -2.13. The van der Waals surface area contributed by atoms with Gasteiger partial charge in [0, 0.05) is 36.8 Å². The summed E-state index contributed by atoms with van der Waals surface area (Å²) in [6.45, 7) is 6.24. The fourth-order valence-electron chi connectivity index (χ4n) is 4.37. The Morgan fingerprint density at radius 1 is 1.05 bits per heavy atom. The number of anilines is 3. The highest BCUT2D eigenvalue weighted by Gasteiger charge is 2.17. The summed E-state index contributed by atoms with van der Waals surface area (Å²) in [4.78, 5) is 35.1. The van der Waals surface area contributed by atoms with Gasteiger partial charge in [0.15, 0.2) is 0 Å². The summed E-state index contributed by atoms with van der Waals surface area (Å²) in [7, 11) is 1.70. The number of halogens is 1. The zero-order chi connectivity index (χ0) is 28.4. The number of hydrogen-bond acceptors (Lipinski definition) is 6. The van der Waals surface area contributed by atoms with Gasteiger partial charge < -0.3 is 10.6 Å². The molecular weight excluding hydrogens is 511 g/mol. The first-order valence-corrected chi connectivity index (χ1v) is 12.9. The maximum absolute atomic E-state index is 14.9. The van der Waals surface area contributed by atoms with Gasteiger partial charge in [-0.15, -0.1) is 0 Å². The number of urea groups is 1. The highest BCUT2D eigenvalue weighted by atomic mass is 19.1. The molecule has 10 nitrogen and oxygen atoms in total. The lowest BCUT2D eigenvalue weighted by Crippen LogP contribution is -2.23. The van der Waals surface area contributed by atoms with Crippen molar-refractivity contribution in [3.05, 3.63) is 88.7 Å². The average molecular weight is 541 g/mol. The molecule has 3 aromatic heterocycles. The van der Waals surface area contributed by atoms with Crippen LogP contribution in [0, 0.1) is 5.82 Å². The number of nitrogens with one attached hydrogen (secondary N) is 3. The SMILES string of the molecule is CCn1c(=O)c(-c2ccc(F)c(NC(=O)Nc3cc(C(C)C)nn3-c3ccccc3)c2)cc2cnc(NC)nc21. The largest absolute Gasteiger partial charge is 0.357 e. The maximum atomic E-state index is 14.9. The molecule has 0 aliphatic rings. The normalized spacial score (nSPS) is 11.2. The molecule has 0 atom stereocenters. The molecule has 11 heteroatoms. The fourth-order valence-corrected chi connectivity index (χ4v) is 4.37. The van der Waals surface area contributed by atoms with Crippen molar-refractivity contribution in [1.82, 2.24) is 24.3 Å². The monoisotopic (exact) mass is 540 g/mol. The number of carbonyl (C=O) groups excluding carboxylic acids is 1. The number of carbonyl (C=O) groups is 1. The van der Waals surface area contributed by atoms with Gasteiger partial charge in [-0.05, 0) is 48.7 Å². The first-order chi connectivity index (χ1) is 19.3. The number of fused-ring (bicyclic) bond motifs is 1. The minimum Gasteiger partial charge on any atom is -0.357 e. The van der Waals surface area contributed by atoms with Gasteiger partial charge in [-0.3, -0.25) is 14.7 Å². The van der Waals surface area contributed by atoms with Crippen molar-refractivity contribution < 1.29 is 9.18 Å². The second-order valence-corrected chi connectivity index (χ2v) is 9.46. The van der Waals surface area contributed by atoms with Gasteiger partial charge in [0.2, 0.25) is 5.95 Å². The second-order valence-electron chi connectivity index (χ2n) is 9.46. The molecule has 0 saturated heterocycles. The number of rotatable bonds is 7. The average Bonchev–Trinajstić information content (AvgIpc) is 3.38. The third kappa shape index (κ3) is 5.13. The highest BCUT2D eigenvalue weighted by Crippen LogP contribution is 2.27. The van der Waals surface area contributed by atoms with Crippen LogP contribution in [0.4, 0.5) is 26.6 Å². The van der Waals surface area contributed by atoms with E-state index in [9.17, 15) is 14.0 Å². The number of amides is 2. The van der Waals surface area contributed by atoms with Crippen LogP contribution in [-0.2, 0) is 6.54 Å². The minimum absolute atomic E-state index is 0.0748. The van der Waals surface area contributed by atoms with Crippen molar-refractivity contribution in [3.63, 3.8) is 0 Å². The fraction of sp³-hybridized carbons (Fsp3) is 0.207. The smallest absolute Gasteiger partial charge is 0.324 e. The third-order valence-corrected chi connectivity index (χ3v) is 6.45. The topological polar surface area (TPSA) is 119 Å². The second kappa shape index (κ2) is 11.0. The Morgan fingerprint density at radius 2 is 1.82 bits per heavy atom. The van der Waals surface area contributed by atoms with E-state index < -0.39 is 11.8 Å². The van der Waals surface area contributed by atoms with E-state index in [4.69, 9.17) is 0 Å². The number of aromatic nitrogens is 5. The summed E-state index contributed by atoms with van der Waals surface area (Å²) in [6, 6.07) is 16.4. The first-order valence-electron chi connectivity index (χ1n) is 12.9. The lowest BCUT2D eigenvalue weighted by molar-refractivity contribution is 0.262. The molecule has 5 aromatic rings. The predicted octanol–water partition coefficient (Wildman–Crippen LogP) is 5.61. The van der Waals surface area contributed by atoms with E-state index >= 15 is 0 Å². The summed E-state index contributed by atoms with van der Waals surface area (Å²) in [5.74, 6) is 0.324. The van der Waals surface area contributed by atoms with Crippen LogP contribution in [0.15, 0.2) is 71.7 Å². The Kier molecular flexibility index (Phi) is 7.28. The summed E-state index contributed by atoms with van der Waals surface area (Å²) in [5.41, 5.74) is 2.47. The summed E-state index contributed by atoms with van der Waals surface area (Å²) < 4.78 is 18.0. The molecule has 0 unspecified atom stereocenters. The van der Waals surface area contributed by atoms with E-state index in [-0.39, 0.29) is 17.2 Å². The van der Waals surface area contributed by atoms with Gasteiger partial charge in [-0.25, -0.2) is 18.9 Å². The van der Waals surface area contributed by atoms with Crippen molar-refractivity contribution >= 4 is 34.5 Å². The molecule has 2 amide bonds. The van der Waals surface area contributed by atoms with Gasteiger partial charge in [0.1, 0.15) is 17.3 Å². The van der Waals surface area contributed by atoms with E-state index in [1.54, 1.807) is 30.1 Å². The van der Waals surface area contributed by atoms with Crippen LogP contribution < -0.4 is 21.5 Å². The lowest BCUT2D eigenvalue weighted by atomic mass is 10.0. The molecule has 0 spiro atoms. The Balaban J connectivity index is 1.47. The maximum Gasteiger partial charge on any atom is 0.324 e. The Morgan fingerprint density at radius 3 is 2.52 bits per heavy atom. The summed E-state index contributed by atoms with van der Waals surface area (Å²) >= 11 is 0. The van der Waals surface area contributed by atoms with Crippen molar-refractivity contribution in [2.75, 3.05) is 23.0 Å².